The van der Waals surface area contributed by atoms with Crippen LogP contribution in [0.2, 0.25) is 0 Å². The van der Waals surface area contributed by atoms with Gasteiger partial charge in [-0.05, 0) is 67.3 Å². The largest absolute Gasteiger partial charge is 0.494 e. The highest BCUT2D eigenvalue weighted by Gasteiger charge is 2.15. The number of hydrogen-bond acceptors (Lipinski definition) is 4. The van der Waals surface area contributed by atoms with E-state index in [1.165, 1.54) is 6.08 Å². The van der Waals surface area contributed by atoms with Crippen molar-refractivity contribution in [2.24, 2.45) is 0 Å². The van der Waals surface area contributed by atoms with Crippen molar-refractivity contribution in [1.29, 1.82) is 5.26 Å². The summed E-state index contributed by atoms with van der Waals surface area (Å²) in [6.07, 6.45) is 2.44. The van der Waals surface area contributed by atoms with Crippen molar-refractivity contribution in [3.63, 3.8) is 0 Å². The summed E-state index contributed by atoms with van der Waals surface area (Å²) in [5.41, 5.74) is 2.31. The summed E-state index contributed by atoms with van der Waals surface area (Å²) in [6.45, 7) is 6.39. The molecule has 0 unspecified atom stereocenters. The Labute approximate surface area is 162 Å². The SMILES string of the molecule is CCCOc1ccc(C=C(C#N)C(=O)Oc2c(C)cc(Br)cc2C)cc1. The average molecular weight is 414 g/mol. The summed E-state index contributed by atoms with van der Waals surface area (Å²) in [6, 6.07) is 12.9. The van der Waals surface area contributed by atoms with Crippen molar-refractivity contribution >= 4 is 28.0 Å². The molecular weight excluding hydrogens is 394 g/mol. The highest BCUT2D eigenvalue weighted by Crippen LogP contribution is 2.28. The molecule has 0 aliphatic heterocycles. The highest BCUT2D eigenvalue weighted by atomic mass is 79.9. The maximum Gasteiger partial charge on any atom is 0.354 e. The Balaban J connectivity index is 2.18. The molecule has 2 aromatic carbocycles. The molecule has 0 saturated carbocycles. The number of halogens is 1. The number of hydrogen-bond donors (Lipinski definition) is 0. The van der Waals surface area contributed by atoms with Crippen LogP contribution in [0.3, 0.4) is 0 Å². The molecule has 0 saturated heterocycles. The number of nitrogens with zero attached hydrogens (tertiary/aromatic N) is 1. The molecule has 0 heterocycles. The molecule has 0 aliphatic rings. The fraction of sp³-hybridized carbons (Fsp3) is 0.238. The van der Waals surface area contributed by atoms with Gasteiger partial charge in [0.15, 0.2) is 0 Å². The Morgan fingerprint density at radius 1 is 1.19 bits per heavy atom. The van der Waals surface area contributed by atoms with Crippen LogP contribution in [0.4, 0.5) is 0 Å². The molecule has 0 fully saturated rings. The molecule has 0 aromatic heterocycles. The van der Waals surface area contributed by atoms with Crippen LogP contribution < -0.4 is 9.47 Å². The van der Waals surface area contributed by atoms with Crippen molar-refractivity contribution in [1.82, 2.24) is 0 Å². The first kappa shape index (κ1) is 19.7. The monoisotopic (exact) mass is 413 g/mol. The number of benzene rings is 2. The molecule has 0 amide bonds. The molecule has 26 heavy (non-hydrogen) atoms. The van der Waals surface area contributed by atoms with E-state index in [-0.39, 0.29) is 5.57 Å². The van der Waals surface area contributed by atoms with Crippen molar-refractivity contribution in [2.45, 2.75) is 27.2 Å². The number of ether oxygens (including phenoxy) is 2. The molecule has 0 atom stereocenters. The van der Waals surface area contributed by atoms with Crippen molar-refractivity contribution in [3.05, 3.63) is 63.1 Å². The van der Waals surface area contributed by atoms with Crippen LogP contribution in [0.5, 0.6) is 11.5 Å². The summed E-state index contributed by atoms with van der Waals surface area (Å²) in [7, 11) is 0. The van der Waals surface area contributed by atoms with Gasteiger partial charge in [0.25, 0.3) is 0 Å². The van der Waals surface area contributed by atoms with Gasteiger partial charge in [-0.1, -0.05) is 35.0 Å². The third-order valence-electron chi connectivity index (χ3n) is 3.62. The second-order valence-corrected chi connectivity index (χ2v) is 6.76. The van der Waals surface area contributed by atoms with E-state index in [4.69, 9.17) is 9.47 Å². The zero-order valence-electron chi connectivity index (χ0n) is 15.0. The van der Waals surface area contributed by atoms with Crippen LogP contribution in [0, 0.1) is 25.2 Å². The second kappa shape index (κ2) is 9.21. The number of aryl methyl sites for hydroxylation is 2. The van der Waals surface area contributed by atoms with Gasteiger partial charge in [-0.15, -0.1) is 0 Å². The zero-order valence-corrected chi connectivity index (χ0v) is 16.6. The third kappa shape index (κ3) is 5.21. The van der Waals surface area contributed by atoms with E-state index in [0.717, 1.165) is 33.3 Å². The number of rotatable bonds is 6. The van der Waals surface area contributed by atoms with Crippen LogP contribution in [0.15, 0.2) is 46.4 Å². The molecule has 0 spiro atoms. The van der Waals surface area contributed by atoms with Crippen molar-refractivity contribution < 1.29 is 14.3 Å². The normalized spacial score (nSPS) is 11.0. The van der Waals surface area contributed by atoms with Gasteiger partial charge >= 0.3 is 5.97 Å². The van der Waals surface area contributed by atoms with Gasteiger partial charge in [0.05, 0.1) is 6.61 Å². The summed E-state index contributed by atoms with van der Waals surface area (Å²) in [4.78, 5) is 12.4. The van der Waals surface area contributed by atoms with Gasteiger partial charge in [-0.25, -0.2) is 4.79 Å². The molecule has 0 aliphatic carbocycles. The highest BCUT2D eigenvalue weighted by molar-refractivity contribution is 9.10. The molecule has 2 rings (SSSR count). The lowest BCUT2D eigenvalue weighted by Gasteiger charge is -2.10. The molecular formula is C21H20BrNO3. The summed E-state index contributed by atoms with van der Waals surface area (Å²) in [5.74, 6) is 0.557. The third-order valence-corrected chi connectivity index (χ3v) is 4.08. The van der Waals surface area contributed by atoms with Gasteiger partial charge in [-0.3, -0.25) is 0 Å². The molecule has 5 heteroatoms. The van der Waals surface area contributed by atoms with Gasteiger partial charge in [0.1, 0.15) is 23.1 Å². The topological polar surface area (TPSA) is 59.3 Å². The Morgan fingerprint density at radius 3 is 2.35 bits per heavy atom. The first-order valence-corrected chi connectivity index (χ1v) is 9.07. The molecule has 4 nitrogen and oxygen atoms in total. The standard InChI is InChI=1S/C21H20BrNO3/c1-4-9-25-19-7-5-16(6-8-19)12-17(13-23)21(24)26-20-14(2)10-18(22)11-15(20)3/h5-8,10-12H,4,9H2,1-3H3. The van der Waals surface area contributed by atoms with E-state index < -0.39 is 5.97 Å². The van der Waals surface area contributed by atoms with Gasteiger partial charge in [0, 0.05) is 4.47 Å². The predicted molar refractivity (Wildman–Crippen MR) is 105 cm³/mol. The quantitative estimate of drug-likeness (QED) is 0.276. The van der Waals surface area contributed by atoms with E-state index in [9.17, 15) is 10.1 Å². The molecule has 0 N–H and O–H groups in total. The van der Waals surface area contributed by atoms with E-state index in [1.807, 2.05) is 51.1 Å². The Kier molecular flexibility index (Phi) is 6.99. The van der Waals surface area contributed by atoms with E-state index in [1.54, 1.807) is 12.1 Å². The first-order chi connectivity index (χ1) is 12.4. The smallest absolute Gasteiger partial charge is 0.354 e. The van der Waals surface area contributed by atoms with Crippen molar-refractivity contribution in [2.75, 3.05) is 6.61 Å². The van der Waals surface area contributed by atoms with Crippen LogP contribution in [0.1, 0.15) is 30.0 Å². The van der Waals surface area contributed by atoms with Gasteiger partial charge in [0.2, 0.25) is 0 Å². The lowest BCUT2D eigenvalue weighted by Crippen LogP contribution is -2.12. The molecule has 0 bridgehead atoms. The Bertz CT molecular complexity index is 841. The summed E-state index contributed by atoms with van der Waals surface area (Å²) in [5, 5.41) is 9.34. The maximum atomic E-state index is 12.4. The maximum absolute atomic E-state index is 12.4. The fourth-order valence-electron chi connectivity index (χ4n) is 2.39. The van der Waals surface area contributed by atoms with Crippen LogP contribution >= 0.6 is 15.9 Å². The van der Waals surface area contributed by atoms with Gasteiger partial charge < -0.3 is 9.47 Å². The minimum absolute atomic E-state index is 0.0612. The number of esters is 1. The first-order valence-electron chi connectivity index (χ1n) is 8.28. The molecule has 2 aromatic rings. The fourth-order valence-corrected chi connectivity index (χ4v) is 3.08. The zero-order chi connectivity index (χ0) is 19.1. The Morgan fingerprint density at radius 2 is 1.81 bits per heavy atom. The minimum atomic E-state index is -0.674. The number of carbonyl (C=O) groups excluding carboxylic acids is 1. The van der Waals surface area contributed by atoms with E-state index in [2.05, 4.69) is 15.9 Å². The Hall–Kier alpha value is -2.58. The van der Waals surface area contributed by atoms with Crippen LogP contribution in [-0.4, -0.2) is 12.6 Å². The van der Waals surface area contributed by atoms with E-state index in [0.29, 0.717) is 12.4 Å². The minimum Gasteiger partial charge on any atom is -0.494 e. The van der Waals surface area contributed by atoms with E-state index >= 15 is 0 Å². The lowest BCUT2D eigenvalue weighted by molar-refractivity contribution is -0.129. The average Bonchev–Trinajstić information content (AvgIpc) is 2.61. The number of nitriles is 1. The predicted octanol–water partition coefficient (Wildman–Crippen LogP) is 5.37. The summed E-state index contributed by atoms with van der Waals surface area (Å²) >= 11 is 3.41. The molecule has 0 radical (unpaired) electrons. The summed E-state index contributed by atoms with van der Waals surface area (Å²) < 4.78 is 11.9. The number of carbonyl (C=O) groups is 1. The second-order valence-electron chi connectivity index (χ2n) is 5.85. The van der Waals surface area contributed by atoms with Gasteiger partial charge in [-0.2, -0.15) is 5.26 Å². The van der Waals surface area contributed by atoms with Crippen LogP contribution in [-0.2, 0) is 4.79 Å². The lowest BCUT2D eigenvalue weighted by atomic mass is 10.1. The van der Waals surface area contributed by atoms with Crippen molar-refractivity contribution in [3.8, 4) is 17.6 Å². The van der Waals surface area contributed by atoms with Crippen LogP contribution in [0.25, 0.3) is 6.08 Å². The molecule has 134 valence electrons.